The fraction of sp³-hybridized carbons (Fsp3) is 0.375. The van der Waals surface area contributed by atoms with Crippen LogP contribution in [0.5, 0.6) is 0 Å². The van der Waals surface area contributed by atoms with Gasteiger partial charge in [-0.3, -0.25) is 10.1 Å². The van der Waals surface area contributed by atoms with Crippen molar-refractivity contribution in [1.82, 2.24) is 5.32 Å². The first-order valence-electron chi connectivity index (χ1n) is 4.10. The van der Waals surface area contributed by atoms with Gasteiger partial charge in [0.15, 0.2) is 0 Å². The zero-order valence-electron chi connectivity index (χ0n) is 8.78. The van der Waals surface area contributed by atoms with Crippen LogP contribution in [-0.2, 0) is 9.59 Å². The summed E-state index contributed by atoms with van der Waals surface area (Å²) in [5.41, 5.74) is 4.51. The van der Waals surface area contributed by atoms with Gasteiger partial charge in [-0.25, -0.2) is 9.59 Å². The Bertz CT molecular complexity index is 314. The van der Waals surface area contributed by atoms with E-state index >= 15 is 0 Å². The predicted octanol–water partition coefficient (Wildman–Crippen LogP) is 0.691. The van der Waals surface area contributed by atoms with Gasteiger partial charge >= 0.3 is 18.0 Å². The summed E-state index contributed by atoms with van der Waals surface area (Å²) in [7, 11) is 0. The van der Waals surface area contributed by atoms with E-state index in [2.05, 4.69) is 5.73 Å². The van der Waals surface area contributed by atoms with Crippen molar-refractivity contribution in [3.63, 3.8) is 0 Å². The highest BCUT2D eigenvalue weighted by molar-refractivity contribution is 6.32. The van der Waals surface area contributed by atoms with Gasteiger partial charge in [0.1, 0.15) is 5.16 Å². The van der Waals surface area contributed by atoms with Crippen molar-refractivity contribution >= 4 is 29.6 Å². The molecule has 16 heavy (non-hydrogen) atoms. The molecule has 0 aliphatic heterocycles. The van der Waals surface area contributed by atoms with E-state index in [1.54, 1.807) is 6.92 Å². The minimum absolute atomic E-state index is 0.162. The molecule has 0 aromatic heterocycles. The van der Waals surface area contributed by atoms with E-state index in [9.17, 15) is 14.4 Å². The van der Waals surface area contributed by atoms with Crippen molar-refractivity contribution in [1.29, 1.82) is 0 Å². The van der Waals surface area contributed by atoms with Gasteiger partial charge in [0.25, 0.3) is 0 Å². The Kier molecular flexibility index (Phi) is 8.89. The topological polar surface area (TPSA) is 130 Å². The second kappa shape index (κ2) is 8.54. The molecule has 0 aliphatic carbocycles. The smallest absolute Gasteiger partial charge is 0.334 e. The number of nitrogens with two attached hydrogens (primary N) is 1. The highest BCUT2D eigenvalue weighted by Gasteiger charge is 2.07. The molecular weight excluding hydrogens is 240 g/mol. The quantitative estimate of drug-likeness (QED) is 0.434. The number of carbonyl (C=O) groups is 3. The summed E-state index contributed by atoms with van der Waals surface area (Å²) in [6, 6.07) is -0.893. The summed E-state index contributed by atoms with van der Waals surface area (Å²) in [6.45, 7) is 2.85. The Morgan fingerprint density at radius 2 is 1.69 bits per heavy atom. The molecule has 92 valence electrons. The van der Waals surface area contributed by atoms with Gasteiger partial charge in [0.2, 0.25) is 0 Å². The van der Waals surface area contributed by atoms with Gasteiger partial charge in [-0.1, -0.05) is 18.5 Å². The number of amides is 2. The predicted molar refractivity (Wildman–Crippen MR) is 56.8 cm³/mol. The fourth-order valence-corrected chi connectivity index (χ4v) is 0.470. The molecule has 0 rings (SSSR count). The molecule has 2 amide bonds. The number of primary amides is 1. The van der Waals surface area contributed by atoms with Crippen LogP contribution in [0.2, 0.25) is 0 Å². The first-order valence-corrected chi connectivity index (χ1v) is 4.48. The molecule has 5 N–H and O–H groups in total. The third kappa shape index (κ3) is 10.3. The zero-order valence-corrected chi connectivity index (χ0v) is 9.54. The van der Waals surface area contributed by atoms with Crippen LogP contribution in [0, 0.1) is 0 Å². The summed E-state index contributed by atoms with van der Waals surface area (Å²) < 4.78 is 0. The third-order valence-electron chi connectivity index (χ3n) is 1.19. The van der Waals surface area contributed by atoms with Crippen LogP contribution in [0.1, 0.15) is 20.3 Å². The molecule has 0 radical (unpaired) electrons. The monoisotopic (exact) mass is 252 g/mol. The van der Waals surface area contributed by atoms with Crippen LogP contribution in [0.25, 0.3) is 0 Å². The number of urea groups is 1. The summed E-state index contributed by atoms with van der Waals surface area (Å²) in [6.07, 6.45) is 0.222. The standard InChI is InChI=1S/C5H7ClN2O3.C3H6O2/c1-2(4(9)10)3(6)8-5(7)11;1-2-3(4)5/h1H3,(H,9,10)(H3,7,8,11);2H2,1H3,(H,4,5). The van der Waals surface area contributed by atoms with E-state index in [0.717, 1.165) is 0 Å². The summed E-state index contributed by atoms with van der Waals surface area (Å²) in [5.74, 6) is -1.95. The van der Waals surface area contributed by atoms with Crippen LogP contribution in [0.3, 0.4) is 0 Å². The molecule has 7 nitrogen and oxygen atoms in total. The van der Waals surface area contributed by atoms with Crippen LogP contribution in [-0.4, -0.2) is 28.2 Å². The summed E-state index contributed by atoms with van der Waals surface area (Å²) in [4.78, 5) is 29.7. The van der Waals surface area contributed by atoms with Crippen molar-refractivity contribution in [2.24, 2.45) is 5.73 Å². The number of carbonyl (C=O) groups excluding carboxylic acids is 1. The number of hydrogen-bond donors (Lipinski definition) is 4. The van der Waals surface area contributed by atoms with Gasteiger partial charge < -0.3 is 15.9 Å². The molecule has 0 heterocycles. The molecule has 0 unspecified atom stereocenters. The number of rotatable bonds is 3. The van der Waals surface area contributed by atoms with Gasteiger partial charge in [-0.15, -0.1) is 0 Å². The second-order valence-corrected chi connectivity index (χ2v) is 2.86. The Morgan fingerprint density at radius 3 is 1.88 bits per heavy atom. The lowest BCUT2D eigenvalue weighted by Gasteiger charge is -2.00. The highest BCUT2D eigenvalue weighted by atomic mass is 35.5. The van der Waals surface area contributed by atoms with Crippen LogP contribution >= 0.6 is 11.6 Å². The highest BCUT2D eigenvalue weighted by Crippen LogP contribution is 2.04. The van der Waals surface area contributed by atoms with Gasteiger partial charge in [0.05, 0.1) is 5.57 Å². The third-order valence-corrected chi connectivity index (χ3v) is 1.56. The largest absolute Gasteiger partial charge is 0.481 e. The molecule has 0 aromatic carbocycles. The number of carboxylic acid groups (broad SMARTS) is 2. The molecule has 0 fully saturated rings. The van der Waals surface area contributed by atoms with Crippen molar-refractivity contribution in [2.45, 2.75) is 20.3 Å². The minimum atomic E-state index is -1.20. The SMILES string of the molecule is CC(C(=O)O)=C(Cl)NC(N)=O.CCC(=O)O. The first-order chi connectivity index (χ1) is 7.22. The average molecular weight is 253 g/mol. The minimum Gasteiger partial charge on any atom is -0.481 e. The lowest BCUT2D eigenvalue weighted by atomic mass is 10.3. The molecule has 0 aliphatic rings. The van der Waals surface area contributed by atoms with Gasteiger partial charge in [-0.05, 0) is 6.92 Å². The van der Waals surface area contributed by atoms with Crippen molar-refractivity contribution in [3.8, 4) is 0 Å². The molecule has 0 spiro atoms. The Morgan fingerprint density at radius 1 is 1.31 bits per heavy atom. The Balaban J connectivity index is 0. The maximum absolute atomic E-state index is 10.2. The van der Waals surface area contributed by atoms with Crippen LogP contribution < -0.4 is 11.1 Å². The van der Waals surface area contributed by atoms with Crippen molar-refractivity contribution in [3.05, 3.63) is 10.7 Å². The molecule has 0 saturated heterocycles. The lowest BCUT2D eigenvalue weighted by molar-refractivity contribution is -0.136. The number of halogens is 1. The number of hydrogen-bond acceptors (Lipinski definition) is 3. The van der Waals surface area contributed by atoms with E-state index in [1.807, 2.05) is 5.32 Å². The molecule has 8 heteroatoms. The number of aliphatic carboxylic acids is 2. The second-order valence-electron chi connectivity index (χ2n) is 2.48. The average Bonchev–Trinajstić information content (AvgIpc) is 2.16. The molecule has 0 aromatic rings. The van der Waals surface area contributed by atoms with Gasteiger partial charge in [0, 0.05) is 6.42 Å². The van der Waals surface area contributed by atoms with Crippen molar-refractivity contribution < 1.29 is 24.6 Å². The Hall–Kier alpha value is -1.76. The van der Waals surface area contributed by atoms with E-state index in [1.165, 1.54) is 6.92 Å². The van der Waals surface area contributed by atoms with Crippen LogP contribution in [0.4, 0.5) is 4.79 Å². The summed E-state index contributed by atoms with van der Waals surface area (Å²) in [5, 5.41) is 17.7. The molecular formula is C8H13ClN2O5. The number of carboxylic acids is 2. The Labute approximate surface area is 96.9 Å². The zero-order chi connectivity index (χ0) is 13.3. The van der Waals surface area contributed by atoms with Crippen LogP contribution in [0.15, 0.2) is 10.7 Å². The summed E-state index contributed by atoms with van der Waals surface area (Å²) >= 11 is 5.31. The molecule has 0 atom stereocenters. The van der Waals surface area contributed by atoms with Gasteiger partial charge in [-0.2, -0.15) is 0 Å². The van der Waals surface area contributed by atoms with E-state index < -0.39 is 18.0 Å². The maximum Gasteiger partial charge on any atom is 0.334 e. The first kappa shape index (κ1) is 16.7. The number of nitrogens with one attached hydrogen (secondary N) is 1. The van der Waals surface area contributed by atoms with E-state index in [0.29, 0.717) is 0 Å². The molecule has 0 bridgehead atoms. The fourth-order valence-electron chi connectivity index (χ4n) is 0.296. The van der Waals surface area contributed by atoms with Crippen molar-refractivity contribution in [2.75, 3.05) is 0 Å². The normalized spacial score (nSPS) is 10.4. The van der Waals surface area contributed by atoms with E-state index in [-0.39, 0.29) is 17.2 Å². The van der Waals surface area contributed by atoms with E-state index in [4.69, 9.17) is 21.8 Å². The molecule has 0 saturated carbocycles. The maximum atomic E-state index is 10.2. The lowest BCUT2D eigenvalue weighted by Crippen LogP contribution is -2.28.